The molecule has 0 aliphatic rings. The van der Waals surface area contributed by atoms with Crippen molar-refractivity contribution in [3.05, 3.63) is 0 Å². The summed E-state index contributed by atoms with van der Waals surface area (Å²) in [6.45, 7) is 18.1. The maximum atomic E-state index is 12.2. The predicted molar refractivity (Wildman–Crippen MR) is 224 cm³/mol. The monoisotopic (exact) mass is 777 g/mol. The van der Waals surface area contributed by atoms with Gasteiger partial charge in [0.2, 0.25) is 0 Å². The largest absolute Gasteiger partial charge is 0.472 e. The Morgan fingerprint density at radius 1 is 0.451 bits per heavy atom. The van der Waals surface area contributed by atoms with Crippen LogP contribution in [0, 0.1) is 23.7 Å². The summed E-state index contributed by atoms with van der Waals surface area (Å²) in [4.78, 5) is 19.8. The number of quaternary nitrogens is 2. The third-order valence-electron chi connectivity index (χ3n) is 8.12. The van der Waals surface area contributed by atoms with Crippen molar-refractivity contribution in [3.8, 4) is 0 Å². The first-order valence-corrected chi connectivity index (χ1v) is 23.9. The minimum atomic E-state index is -3.89. The van der Waals surface area contributed by atoms with Crippen LogP contribution in [0.4, 0.5) is 0 Å². The van der Waals surface area contributed by atoms with Gasteiger partial charge in [-0.05, 0) is 49.4 Å². The quantitative estimate of drug-likeness (QED) is 0.0632. The first kappa shape index (κ1) is 57.9. The van der Waals surface area contributed by atoms with Gasteiger partial charge in [-0.1, -0.05) is 132 Å². The Hall–Kier alpha value is 0.180. The molecule has 0 aliphatic heterocycles. The molecule has 2 N–H and O–H groups in total. The van der Waals surface area contributed by atoms with E-state index in [0.29, 0.717) is 49.7 Å². The summed E-state index contributed by atoms with van der Waals surface area (Å²) in [5, 5.41) is 0. The molecule has 0 rings (SSSR count). The zero-order valence-electron chi connectivity index (χ0n) is 37.2. The highest BCUT2D eigenvalue weighted by atomic mass is 31.2. The molecule has 0 aromatic carbocycles. The van der Waals surface area contributed by atoms with Crippen molar-refractivity contribution < 1.29 is 41.5 Å². The molecule has 0 aliphatic carbocycles. The van der Waals surface area contributed by atoms with E-state index in [1.54, 1.807) is 0 Å². The molecule has 314 valence electrons. The minimum Gasteiger partial charge on any atom is -0.333 e. The van der Waals surface area contributed by atoms with E-state index >= 15 is 0 Å². The molecule has 0 fully saturated rings. The Morgan fingerprint density at radius 2 is 0.686 bits per heavy atom. The maximum Gasteiger partial charge on any atom is 0.472 e. The molecule has 0 bridgehead atoms. The first-order chi connectivity index (χ1) is 23.5. The molecule has 51 heavy (non-hydrogen) atoms. The Kier molecular flexibility index (Phi) is 39.3. The van der Waals surface area contributed by atoms with E-state index in [9.17, 15) is 18.9 Å². The van der Waals surface area contributed by atoms with Crippen LogP contribution in [0.2, 0.25) is 0 Å². The van der Waals surface area contributed by atoms with Gasteiger partial charge in [0.15, 0.2) is 0 Å². The van der Waals surface area contributed by atoms with Crippen LogP contribution in [-0.2, 0) is 22.7 Å². The van der Waals surface area contributed by atoms with E-state index in [0.717, 1.165) is 98.9 Å². The standard InChI is InChI=1S/C16H35O4P.C16H35O3P.2C4H12N/c1-5-9-11-15(7-3)13-19-21(17,18)20-14-16(8-4)12-10-6-2;1-5-9-11-15(7-3)13-19-20(17,18)14-16(8-4)12-10-6-2;2*1-5(2,3)4/h15-16H,5-14H2,1-4H3,(H,17,18);15-16H,5-14H2,1-4H3,(H,17,18);2*1-4H3/q;;2*+1. The minimum absolute atomic E-state index is 0.316. The molecule has 0 aromatic rings. The van der Waals surface area contributed by atoms with E-state index in [1.807, 2.05) is 0 Å². The third kappa shape index (κ3) is 52.3. The Morgan fingerprint density at radius 3 is 0.922 bits per heavy atom. The lowest BCUT2D eigenvalue weighted by atomic mass is 10.0. The van der Waals surface area contributed by atoms with E-state index < -0.39 is 15.4 Å². The van der Waals surface area contributed by atoms with Crippen molar-refractivity contribution in [2.24, 2.45) is 23.7 Å². The second kappa shape index (κ2) is 34.7. The average Bonchev–Trinajstić information content (AvgIpc) is 3.02. The van der Waals surface area contributed by atoms with Crippen LogP contribution in [0.5, 0.6) is 0 Å². The topological polar surface area (TPSA) is 102 Å². The normalized spacial score (nSPS) is 16.4. The predicted octanol–water partition coefficient (Wildman–Crippen LogP) is 11.8. The second-order valence-electron chi connectivity index (χ2n) is 17.2. The molecule has 0 saturated heterocycles. The van der Waals surface area contributed by atoms with Gasteiger partial charge in [-0.2, -0.15) is 0 Å². The molecule has 0 heterocycles. The van der Waals surface area contributed by atoms with Crippen LogP contribution in [0.1, 0.15) is 158 Å². The first-order valence-electron chi connectivity index (χ1n) is 20.6. The summed E-state index contributed by atoms with van der Waals surface area (Å²) in [5.74, 6) is 1.43. The zero-order valence-corrected chi connectivity index (χ0v) is 39.0. The van der Waals surface area contributed by atoms with Crippen molar-refractivity contribution in [2.75, 3.05) is 82.4 Å². The van der Waals surface area contributed by atoms with Gasteiger partial charge in [0, 0.05) is 0 Å². The summed E-state index contributed by atoms with van der Waals surface area (Å²) in [6, 6.07) is 0. The molecule has 5 atom stereocenters. The Bertz CT molecular complexity index is 787. The van der Waals surface area contributed by atoms with Gasteiger partial charge in [0.25, 0.3) is 0 Å². The molecular weight excluding hydrogens is 682 g/mol. The summed E-state index contributed by atoms with van der Waals surface area (Å²) in [5.41, 5.74) is 0. The van der Waals surface area contributed by atoms with E-state index in [4.69, 9.17) is 13.6 Å². The molecule has 0 aromatic heterocycles. The number of rotatable bonds is 27. The van der Waals surface area contributed by atoms with Gasteiger partial charge in [-0.15, -0.1) is 0 Å². The van der Waals surface area contributed by atoms with Gasteiger partial charge in [-0.25, -0.2) is 4.57 Å². The fraction of sp³-hybridized carbons (Fsp3) is 1.00. The van der Waals surface area contributed by atoms with E-state index in [-0.39, 0.29) is 0 Å². The fourth-order valence-corrected chi connectivity index (χ4v) is 7.16. The summed E-state index contributed by atoms with van der Waals surface area (Å²) in [7, 11) is 9.70. The van der Waals surface area contributed by atoms with Crippen molar-refractivity contribution >= 4 is 15.4 Å². The lowest BCUT2D eigenvalue weighted by Gasteiger charge is -2.21. The highest BCUT2D eigenvalue weighted by Crippen LogP contribution is 2.46. The molecule has 0 spiro atoms. The summed E-state index contributed by atoms with van der Waals surface area (Å²) in [6.07, 6.45) is 17.6. The van der Waals surface area contributed by atoms with Gasteiger partial charge in [-0.3, -0.25) is 13.6 Å². The SMILES string of the molecule is CCCCC(CC)COP(=O)(O)CC(CC)CCCC.CCCCC(CC)COP(=O)(O)OCC(CC)CCCC.C[N+](C)(C)C.C[N+](C)(C)C. The van der Waals surface area contributed by atoms with E-state index in [2.05, 4.69) is 112 Å². The number of hydrogen-bond donors (Lipinski definition) is 2. The van der Waals surface area contributed by atoms with Crippen LogP contribution >= 0.6 is 15.4 Å². The highest BCUT2D eigenvalue weighted by molar-refractivity contribution is 7.52. The molecule has 0 radical (unpaired) electrons. The number of phosphoric acid groups is 1. The number of nitrogens with zero attached hydrogens (tertiary/aromatic N) is 2. The smallest absolute Gasteiger partial charge is 0.333 e. The lowest BCUT2D eigenvalue weighted by molar-refractivity contribution is -0.849. The van der Waals surface area contributed by atoms with Crippen LogP contribution in [0.25, 0.3) is 0 Å². The van der Waals surface area contributed by atoms with Gasteiger partial charge in [0.1, 0.15) is 0 Å². The molecule has 11 heteroatoms. The third-order valence-corrected chi connectivity index (χ3v) is 10.6. The lowest BCUT2D eigenvalue weighted by Crippen LogP contribution is -2.27. The van der Waals surface area contributed by atoms with Gasteiger partial charge in [0.05, 0.1) is 82.4 Å². The van der Waals surface area contributed by atoms with Gasteiger partial charge < -0.3 is 23.3 Å². The molecule has 9 nitrogen and oxygen atoms in total. The molecule has 0 amide bonds. The molecular formula is C40H94N2O7P2+2. The summed E-state index contributed by atoms with van der Waals surface area (Å²) < 4.78 is 41.8. The Balaban J connectivity index is -0.000000342. The maximum absolute atomic E-state index is 12.2. The van der Waals surface area contributed by atoms with Gasteiger partial charge >= 0.3 is 15.4 Å². The van der Waals surface area contributed by atoms with Crippen molar-refractivity contribution in [1.29, 1.82) is 0 Å². The van der Waals surface area contributed by atoms with Crippen molar-refractivity contribution in [3.63, 3.8) is 0 Å². The number of hydrogen-bond acceptors (Lipinski definition) is 5. The molecule has 0 saturated carbocycles. The van der Waals surface area contributed by atoms with Crippen LogP contribution in [-0.4, -0.2) is 101 Å². The summed E-state index contributed by atoms with van der Waals surface area (Å²) >= 11 is 0. The van der Waals surface area contributed by atoms with Crippen LogP contribution < -0.4 is 0 Å². The van der Waals surface area contributed by atoms with Crippen LogP contribution in [0.3, 0.4) is 0 Å². The van der Waals surface area contributed by atoms with Crippen LogP contribution in [0.15, 0.2) is 0 Å². The highest BCUT2D eigenvalue weighted by Gasteiger charge is 2.26. The van der Waals surface area contributed by atoms with Crippen molar-refractivity contribution in [2.45, 2.75) is 158 Å². The molecule has 5 unspecified atom stereocenters. The van der Waals surface area contributed by atoms with Crippen molar-refractivity contribution in [1.82, 2.24) is 0 Å². The number of phosphoric ester groups is 1. The Labute approximate surface area is 320 Å². The van der Waals surface area contributed by atoms with E-state index in [1.165, 1.54) is 12.8 Å². The number of unbranched alkanes of at least 4 members (excludes halogenated alkanes) is 4. The average molecular weight is 777 g/mol. The zero-order chi connectivity index (χ0) is 40.6. The fourth-order valence-electron chi connectivity index (χ4n) is 4.65. The second-order valence-corrected chi connectivity index (χ2v) is 20.6.